The number of unbranched alkanes of at least 4 members (excludes halogenated alkanes) is 27. The van der Waals surface area contributed by atoms with Crippen LogP contribution in [0.1, 0.15) is 219 Å². The third kappa shape index (κ3) is 39.1. The van der Waals surface area contributed by atoms with Crippen LogP contribution >= 0.6 is 7.82 Å². The number of hydrogen-bond donors (Lipinski definition) is 4. The highest BCUT2D eigenvalue weighted by Crippen LogP contribution is 2.43. The van der Waals surface area contributed by atoms with E-state index >= 15 is 0 Å². The normalized spacial score (nSPS) is 13.8. The number of rotatable bonds is 43. The van der Waals surface area contributed by atoms with Crippen LogP contribution in [0.3, 0.4) is 0 Å². The van der Waals surface area contributed by atoms with Crippen molar-refractivity contribution < 1.29 is 47.8 Å². The number of phosphoric acid groups is 1. The Morgan fingerprint density at radius 3 is 1.36 bits per heavy atom. The smallest absolute Gasteiger partial charge is 0.472 e. The van der Waals surface area contributed by atoms with Crippen LogP contribution in [0.4, 0.5) is 0 Å². The highest BCUT2D eigenvalue weighted by atomic mass is 31.2. The van der Waals surface area contributed by atoms with Crippen molar-refractivity contribution in [2.24, 2.45) is 0 Å². The van der Waals surface area contributed by atoms with E-state index in [0.29, 0.717) is 12.8 Å². The quantitative estimate of drug-likeness (QED) is 0.0201. The molecule has 12 heteroatoms. The third-order valence-electron chi connectivity index (χ3n) is 10.1. The molecule has 0 aromatic rings. The van der Waals surface area contributed by atoms with Gasteiger partial charge >= 0.3 is 19.8 Å². The maximum absolute atomic E-state index is 12.3. The molecule has 4 N–H and O–H groups in total. The van der Waals surface area contributed by atoms with E-state index < -0.39 is 57.6 Å². The highest BCUT2D eigenvalue weighted by molar-refractivity contribution is 7.47. The second-order valence-electron chi connectivity index (χ2n) is 15.6. The Morgan fingerprint density at radius 1 is 0.554 bits per heavy atom. The first-order valence-electron chi connectivity index (χ1n) is 22.7. The Labute approximate surface area is 341 Å². The molecule has 0 aromatic heterocycles. The molecule has 11 nitrogen and oxygen atoms in total. The molecule has 0 saturated heterocycles. The number of carboxylic acid groups (broad SMARTS) is 1. The lowest BCUT2D eigenvalue weighted by molar-refractivity contribution is -0.147. The lowest BCUT2D eigenvalue weighted by atomic mass is 10.0. The largest absolute Gasteiger partial charge is 0.480 e. The van der Waals surface area contributed by atoms with Gasteiger partial charge in [0, 0.05) is 12.8 Å². The van der Waals surface area contributed by atoms with Crippen LogP contribution in [0.25, 0.3) is 0 Å². The average molecular weight is 818 g/mol. The average Bonchev–Trinajstić information content (AvgIpc) is 3.17. The number of allylic oxidation sites excluding steroid dienone is 2. The van der Waals surface area contributed by atoms with E-state index in [0.717, 1.165) is 38.5 Å². The molecule has 0 rings (SSSR count). The molecule has 330 valence electrons. The Hall–Kier alpha value is -1.78. The molecule has 0 fully saturated rings. The van der Waals surface area contributed by atoms with Gasteiger partial charge in [-0.25, -0.2) is 9.36 Å². The summed E-state index contributed by atoms with van der Waals surface area (Å²) in [6, 6.07) is -1.54. The maximum Gasteiger partial charge on any atom is 0.472 e. The van der Waals surface area contributed by atoms with Crippen LogP contribution in [0, 0.1) is 0 Å². The summed E-state index contributed by atoms with van der Waals surface area (Å²) in [5.41, 5.74) is 0. The van der Waals surface area contributed by atoms with Crippen molar-refractivity contribution in [2.45, 2.75) is 231 Å². The molecule has 3 unspecified atom stereocenters. The first-order valence-corrected chi connectivity index (χ1v) is 24.2. The summed E-state index contributed by atoms with van der Waals surface area (Å²) >= 11 is 0. The first-order chi connectivity index (χ1) is 27.1. The van der Waals surface area contributed by atoms with Gasteiger partial charge in [0.1, 0.15) is 12.7 Å². The lowest BCUT2D eigenvalue weighted by Crippen LogP contribution is -2.43. The van der Waals surface area contributed by atoms with Crippen molar-refractivity contribution in [1.29, 1.82) is 0 Å². The molecule has 0 radical (unpaired) electrons. The van der Waals surface area contributed by atoms with E-state index in [2.05, 4.69) is 31.3 Å². The molecular weight excluding hydrogens is 733 g/mol. The van der Waals surface area contributed by atoms with Gasteiger partial charge in [0.25, 0.3) is 0 Å². The van der Waals surface area contributed by atoms with Gasteiger partial charge in [-0.3, -0.25) is 18.6 Å². The van der Waals surface area contributed by atoms with Crippen LogP contribution in [0.2, 0.25) is 0 Å². The van der Waals surface area contributed by atoms with Gasteiger partial charge in [0.05, 0.1) is 13.2 Å². The number of aliphatic hydroxyl groups excluding tert-OH is 1. The molecule has 1 amide bonds. The van der Waals surface area contributed by atoms with Crippen molar-refractivity contribution in [3.8, 4) is 0 Å². The van der Waals surface area contributed by atoms with Gasteiger partial charge in [-0.1, -0.05) is 180 Å². The van der Waals surface area contributed by atoms with E-state index in [1.54, 1.807) is 0 Å². The Kier molecular flexibility index (Phi) is 38.7. The number of aliphatic carboxylic acids is 1. The summed E-state index contributed by atoms with van der Waals surface area (Å²) in [5.74, 6) is -2.36. The molecule has 0 aliphatic rings. The SMILES string of the molecule is CCCCCCCC/C=C/CCCCCCCCCCCCCC(=O)NC(COP(=O)(O)OCC(O)COC(=O)CCCCCCCCCCCCC)C(=O)O. The van der Waals surface area contributed by atoms with Crippen molar-refractivity contribution in [3.63, 3.8) is 0 Å². The molecular formula is C44H84NO10P. The fourth-order valence-corrected chi connectivity index (χ4v) is 7.26. The number of amides is 1. The monoisotopic (exact) mass is 818 g/mol. The number of ether oxygens (including phenoxy) is 1. The van der Waals surface area contributed by atoms with Gasteiger partial charge in [0.15, 0.2) is 6.04 Å². The fourth-order valence-electron chi connectivity index (χ4n) is 6.49. The number of hydrogen-bond acceptors (Lipinski definition) is 8. The topological polar surface area (TPSA) is 169 Å². The van der Waals surface area contributed by atoms with Gasteiger partial charge in [-0.15, -0.1) is 0 Å². The number of nitrogens with one attached hydrogen (secondary N) is 1. The van der Waals surface area contributed by atoms with Crippen molar-refractivity contribution in [3.05, 3.63) is 12.2 Å². The number of esters is 1. The fraction of sp³-hybridized carbons (Fsp3) is 0.886. The van der Waals surface area contributed by atoms with E-state index in [1.807, 2.05) is 0 Å². The molecule has 3 atom stereocenters. The van der Waals surface area contributed by atoms with Crippen molar-refractivity contribution in [2.75, 3.05) is 19.8 Å². The second kappa shape index (κ2) is 40.0. The summed E-state index contributed by atoms with van der Waals surface area (Å²) in [6.45, 7) is 2.60. The highest BCUT2D eigenvalue weighted by Gasteiger charge is 2.28. The molecule has 0 aliphatic carbocycles. The van der Waals surface area contributed by atoms with Gasteiger partial charge in [-0.2, -0.15) is 0 Å². The second-order valence-corrected chi connectivity index (χ2v) is 17.0. The summed E-state index contributed by atoms with van der Waals surface area (Å²) in [7, 11) is -4.75. The standard InChI is InChI=1S/C44H84NO10P/c1-3-5-7-9-11-13-15-16-17-18-19-20-21-22-23-24-26-27-29-31-33-35-42(47)45-41(44(49)50)39-55-56(51,52)54-38-40(46)37-53-43(48)36-34-32-30-28-25-14-12-10-8-6-4-2/h16-17,40-41,46H,3-15,18-39H2,1-2H3,(H,45,47)(H,49,50)(H,51,52)/b17-16+. The van der Waals surface area contributed by atoms with Crippen LogP contribution in [-0.2, 0) is 32.7 Å². The number of aliphatic hydroxyl groups is 1. The van der Waals surface area contributed by atoms with Gasteiger partial charge in [-0.05, 0) is 38.5 Å². The summed E-state index contributed by atoms with van der Waals surface area (Å²) in [6.07, 6.45) is 39.5. The minimum atomic E-state index is -4.75. The molecule has 0 aliphatic heterocycles. The molecule has 0 heterocycles. The van der Waals surface area contributed by atoms with Crippen LogP contribution in [0.5, 0.6) is 0 Å². The van der Waals surface area contributed by atoms with Crippen LogP contribution in [0.15, 0.2) is 12.2 Å². The Balaban J connectivity index is 3.85. The number of carbonyl (C=O) groups is 3. The minimum Gasteiger partial charge on any atom is -0.480 e. The van der Waals surface area contributed by atoms with E-state index in [1.165, 1.54) is 141 Å². The van der Waals surface area contributed by atoms with Crippen molar-refractivity contribution >= 4 is 25.7 Å². The lowest BCUT2D eigenvalue weighted by Gasteiger charge is -2.18. The number of carbonyl (C=O) groups excluding carboxylic acids is 2. The Morgan fingerprint density at radius 2 is 0.929 bits per heavy atom. The number of phosphoric ester groups is 1. The molecule has 0 aromatic carbocycles. The molecule has 56 heavy (non-hydrogen) atoms. The Bertz CT molecular complexity index is 1010. The zero-order valence-corrected chi connectivity index (χ0v) is 36.6. The van der Waals surface area contributed by atoms with E-state index in [4.69, 9.17) is 13.8 Å². The van der Waals surface area contributed by atoms with E-state index in [9.17, 15) is 34.1 Å². The summed E-state index contributed by atoms with van der Waals surface area (Å²) in [5, 5.41) is 21.8. The number of carboxylic acids is 1. The van der Waals surface area contributed by atoms with E-state index in [-0.39, 0.29) is 12.8 Å². The minimum absolute atomic E-state index is 0.148. The van der Waals surface area contributed by atoms with Crippen LogP contribution < -0.4 is 5.32 Å². The molecule has 0 saturated carbocycles. The third-order valence-corrected chi connectivity index (χ3v) is 11.0. The maximum atomic E-state index is 12.3. The summed E-state index contributed by atoms with van der Waals surface area (Å²) < 4.78 is 26.8. The van der Waals surface area contributed by atoms with Crippen LogP contribution in [-0.4, -0.2) is 64.9 Å². The van der Waals surface area contributed by atoms with Gasteiger partial charge in [0.2, 0.25) is 5.91 Å². The molecule has 0 bridgehead atoms. The predicted octanol–water partition coefficient (Wildman–Crippen LogP) is 11.7. The predicted molar refractivity (Wildman–Crippen MR) is 226 cm³/mol. The summed E-state index contributed by atoms with van der Waals surface area (Å²) in [4.78, 5) is 45.9. The van der Waals surface area contributed by atoms with Gasteiger partial charge < -0.3 is 25.2 Å². The zero-order valence-electron chi connectivity index (χ0n) is 35.7. The van der Waals surface area contributed by atoms with Crippen molar-refractivity contribution in [1.82, 2.24) is 5.32 Å². The first kappa shape index (κ1) is 54.2. The zero-order chi connectivity index (χ0) is 41.4. The molecule has 0 spiro atoms.